The largest absolute Gasteiger partial charge is 0.310 e. The van der Waals surface area contributed by atoms with Crippen LogP contribution in [0.1, 0.15) is 18.9 Å². The molecule has 1 N–H and O–H groups in total. The van der Waals surface area contributed by atoms with Crippen LogP contribution in [-0.2, 0) is 6.54 Å². The third-order valence-corrected chi connectivity index (χ3v) is 2.89. The van der Waals surface area contributed by atoms with Crippen LogP contribution < -0.4 is 5.32 Å². The van der Waals surface area contributed by atoms with Gasteiger partial charge in [0.05, 0.1) is 4.92 Å². The van der Waals surface area contributed by atoms with Crippen molar-refractivity contribution in [2.24, 2.45) is 0 Å². The van der Waals surface area contributed by atoms with Gasteiger partial charge in [-0.15, -0.1) is 6.58 Å². The number of nitrogens with zero attached hydrogens (tertiary/aromatic N) is 1. The van der Waals surface area contributed by atoms with Crippen LogP contribution in [0.4, 0.5) is 5.69 Å². The summed E-state index contributed by atoms with van der Waals surface area (Å²) in [5.41, 5.74) is 0.826. The summed E-state index contributed by atoms with van der Waals surface area (Å²) >= 11 is 3.32. The van der Waals surface area contributed by atoms with Crippen LogP contribution in [0.25, 0.3) is 0 Å². The lowest BCUT2D eigenvalue weighted by atomic mass is 10.1. The van der Waals surface area contributed by atoms with Crippen molar-refractivity contribution in [1.82, 2.24) is 5.32 Å². The Morgan fingerprint density at radius 3 is 2.94 bits per heavy atom. The summed E-state index contributed by atoms with van der Waals surface area (Å²) in [7, 11) is 0. The SMILES string of the molecule is C=CCC(C)NCc1cc(Br)ccc1[N+](=O)[O-]. The van der Waals surface area contributed by atoms with Gasteiger partial charge in [-0.25, -0.2) is 0 Å². The van der Waals surface area contributed by atoms with E-state index in [-0.39, 0.29) is 16.7 Å². The molecule has 0 fully saturated rings. The molecular weight excluding hydrogens is 284 g/mol. The van der Waals surface area contributed by atoms with Crippen molar-refractivity contribution < 1.29 is 4.92 Å². The van der Waals surface area contributed by atoms with Gasteiger partial charge in [-0.1, -0.05) is 22.0 Å². The second-order valence-electron chi connectivity index (χ2n) is 3.84. The summed E-state index contributed by atoms with van der Waals surface area (Å²) < 4.78 is 0.844. The molecule has 4 nitrogen and oxygen atoms in total. The minimum absolute atomic E-state index is 0.145. The molecular formula is C12H15BrN2O2. The highest BCUT2D eigenvalue weighted by Gasteiger charge is 2.13. The summed E-state index contributed by atoms with van der Waals surface area (Å²) in [6, 6.07) is 5.21. The maximum Gasteiger partial charge on any atom is 0.273 e. The zero-order valence-electron chi connectivity index (χ0n) is 9.65. The van der Waals surface area contributed by atoms with E-state index < -0.39 is 0 Å². The van der Waals surface area contributed by atoms with E-state index >= 15 is 0 Å². The Morgan fingerprint density at radius 1 is 1.65 bits per heavy atom. The molecule has 0 amide bonds. The van der Waals surface area contributed by atoms with Crippen LogP contribution in [0, 0.1) is 10.1 Å². The molecule has 0 aliphatic heterocycles. The fraction of sp³-hybridized carbons (Fsp3) is 0.333. The van der Waals surface area contributed by atoms with Crippen LogP contribution in [-0.4, -0.2) is 11.0 Å². The van der Waals surface area contributed by atoms with Crippen molar-refractivity contribution in [1.29, 1.82) is 0 Å². The third-order valence-electron chi connectivity index (χ3n) is 2.40. The highest BCUT2D eigenvalue weighted by molar-refractivity contribution is 9.10. The van der Waals surface area contributed by atoms with Gasteiger partial charge >= 0.3 is 0 Å². The molecule has 92 valence electrons. The topological polar surface area (TPSA) is 55.2 Å². The predicted octanol–water partition coefficient (Wildman–Crippen LogP) is 3.41. The van der Waals surface area contributed by atoms with Crippen LogP contribution >= 0.6 is 15.9 Å². The van der Waals surface area contributed by atoms with E-state index in [4.69, 9.17) is 0 Å². The Kier molecular flexibility index (Phi) is 5.31. The van der Waals surface area contributed by atoms with Crippen molar-refractivity contribution in [3.63, 3.8) is 0 Å². The van der Waals surface area contributed by atoms with Gasteiger partial charge in [0.15, 0.2) is 0 Å². The van der Waals surface area contributed by atoms with Crippen molar-refractivity contribution in [3.05, 3.63) is 51.0 Å². The molecule has 0 aliphatic carbocycles. The number of halogens is 1. The first kappa shape index (κ1) is 13.9. The molecule has 0 bridgehead atoms. The van der Waals surface area contributed by atoms with Gasteiger partial charge in [0.1, 0.15) is 0 Å². The van der Waals surface area contributed by atoms with Gasteiger partial charge in [-0.2, -0.15) is 0 Å². The zero-order valence-corrected chi connectivity index (χ0v) is 11.2. The number of hydrogen-bond acceptors (Lipinski definition) is 3. The lowest BCUT2D eigenvalue weighted by Crippen LogP contribution is -2.25. The number of hydrogen-bond donors (Lipinski definition) is 1. The number of rotatable bonds is 6. The van der Waals surface area contributed by atoms with Gasteiger partial charge in [-0.05, 0) is 25.5 Å². The highest BCUT2D eigenvalue weighted by atomic mass is 79.9. The van der Waals surface area contributed by atoms with Gasteiger partial charge in [0, 0.05) is 28.7 Å². The van der Waals surface area contributed by atoms with E-state index in [1.807, 2.05) is 13.0 Å². The Bertz CT molecular complexity index is 421. The molecule has 0 aliphatic rings. The number of benzene rings is 1. The number of nitro benzene ring substituents is 1. The summed E-state index contributed by atoms with van der Waals surface area (Å²) in [6.45, 7) is 6.16. The maximum absolute atomic E-state index is 10.8. The van der Waals surface area contributed by atoms with E-state index in [1.165, 1.54) is 6.07 Å². The molecule has 5 heteroatoms. The smallest absolute Gasteiger partial charge is 0.273 e. The quantitative estimate of drug-likeness (QED) is 0.497. The van der Waals surface area contributed by atoms with E-state index in [9.17, 15) is 10.1 Å². The van der Waals surface area contributed by atoms with Crippen LogP contribution in [0.2, 0.25) is 0 Å². The first-order chi connectivity index (χ1) is 8.04. The molecule has 1 rings (SSSR count). The zero-order chi connectivity index (χ0) is 12.8. The van der Waals surface area contributed by atoms with Gasteiger partial charge in [0.25, 0.3) is 5.69 Å². The van der Waals surface area contributed by atoms with Crippen molar-refractivity contribution in [2.45, 2.75) is 25.9 Å². The number of nitro groups is 1. The number of nitrogens with one attached hydrogen (secondary N) is 1. The Hall–Kier alpha value is -1.20. The molecule has 1 aromatic carbocycles. The Balaban J connectivity index is 2.78. The van der Waals surface area contributed by atoms with Gasteiger partial charge in [0.2, 0.25) is 0 Å². The molecule has 1 aromatic rings. The van der Waals surface area contributed by atoms with Crippen LogP contribution in [0.3, 0.4) is 0 Å². The van der Waals surface area contributed by atoms with Gasteiger partial charge in [-0.3, -0.25) is 10.1 Å². The third kappa shape index (κ3) is 4.28. The lowest BCUT2D eigenvalue weighted by Gasteiger charge is -2.11. The van der Waals surface area contributed by atoms with Crippen molar-refractivity contribution in [3.8, 4) is 0 Å². The molecule has 0 heterocycles. The molecule has 0 radical (unpaired) electrons. The normalized spacial score (nSPS) is 12.1. The molecule has 0 saturated carbocycles. The van der Waals surface area contributed by atoms with E-state index in [0.29, 0.717) is 12.1 Å². The second kappa shape index (κ2) is 6.51. The molecule has 17 heavy (non-hydrogen) atoms. The maximum atomic E-state index is 10.8. The molecule has 1 atom stereocenters. The van der Waals surface area contributed by atoms with Gasteiger partial charge < -0.3 is 5.32 Å². The molecule has 0 saturated heterocycles. The van der Waals surface area contributed by atoms with Crippen LogP contribution in [0.5, 0.6) is 0 Å². The average Bonchev–Trinajstić information content (AvgIpc) is 2.26. The molecule has 0 spiro atoms. The monoisotopic (exact) mass is 298 g/mol. The summed E-state index contributed by atoms with van der Waals surface area (Å²) in [4.78, 5) is 10.5. The molecule has 1 unspecified atom stereocenters. The van der Waals surface area contributed by atoms with Crippen molar-refractivity contribution in [2.75, 3.05) is 0 Å². The first-order valence-corrected chi connectivity index (χ1v) is 6.11. The van der Waals surface area contributed by atoms with Crippen molar-refractivity contribution >= 4 is 21.6 Å². The lowest BCUT2D eigenvalue weighted by molar-refractivity contribution is -0.385. The standard InChI is InChI=1S/C12H15BrN2O2/c1-3-4-9(2)14-8-10-7-11(13)5-6-12(10)15(16)17/h3,5-7,9,14H,1,4,8H2,2H3. The Morgan fingerprint density at radius 2 is 2.35 bits per heavy atom. The second-order valence-corrected chi connectivity index (χ2v) is 4.75. The summed E-state index contributed by atoms with van der Waals surface area (Å²) in [5, 5.41) is 14.1. The summed E-state index contributed by atoms with van der Waals surface area (Å²) in [6.07, 6.45) is 2.66. The highest BCUT2D eigenvalue weighted by Crippen LogP contribution is 2.22. The predicted molar refractivity (Wildman–Crippen MR) is 71.9 cm³/mol. The van der Waals surface area contributed by atoms with E-state index in [1.54, 1.807) is 12.1 Å². The fourth-order valence-electron chi connectivity index (χ4n) is 1.49. The molecule has 0 aromatic heterocycles. The first-order valence-electron chi connectivity index (χ1n) is 5.31. The van der Waals surface area contributed by atoms with E-state index in [0.717, 1.165) is 10.9 Å². The minimum Gasteiger partial charge on any atom is -0.310 e. The fourth-order valence-corrected chi connectivity index (χ4v) is 1.90. The van der Waals surface area contributed by atoms with Crippen LogP contribution in [0.15, 0.2) is 35.3 Å². The van der Waals surface area contributed by atoms with E-state index in [2.05, 4.69) is 27.8 Å². The Labute approximate surface area is 109 Å². The minimum atomic E-state index is -0.360. The summed E-state index contributed by atoms with van der Waals surface area (Å²) in [5.74, 6) is 0. The average molecular weight is 299 g/mol.